The third kappa shape index (κ3) is 2.19. The number of benzene rings is 1. The number of para-hydroxylation sites is 1. The molecule has 0 amide bonds. The summed E-state index contributed by atoms with van der Waals surface area (Å²) in [4.78, 5) is 2.46. The molecule has 0 spiro atoms. The molecule has 1 saturated heterocycles. The van der Waals surface area contributed by atoms with Gasteiger partial charge in [-0.1, -0.05) is 53.4 Å². The highest BCUT2D eigenvalue weighted by Gasteiger charge is 2.33. The summed E-state index contributed by atoms with van der Waals surface area (Å²) in [5.41, 5.74) is 1.31. The molecule has 2 rings (SSSR count). The number of nitrogens with zero attached hydrogens (tertiary/aromatic N) is 1. The lowest BCUT2D eigenvalue weighted by Gasteiger charge is -2.43. The van der Waals surface area contributed by atoms with E-state index in [2.05, 4.69) is 70.5 Å². The quantitative estimate of drug-likeness (QED) is 0.345. The van der Waals surface area contributed by atoms with Gasteiger partial charge in [0.2, 0.25) is 0 Å². The van der Waals surface area contributed by atoms with E-state index >= 15 is 0 Å². The Morgan fingerprint density at radius 3 is 2.67 bits per heavy atom. The van der Waals surface area contributed by atoms with Gasteiger partial charge in [0.15, 0.2) is 0 Å². The first-order valence-electron chi connectivity index (χ1n) is 5.41. The largest absolute Gasteiger partial charge is 0.354 e. The second kappa shape index (κ2) is 4.56. The van der Waals surface area contributed by atoms with Crippen molar-refractivity contribution in [2.45, 2.75) is 22.8 Å². The number of rotatable bonds is 2. The predicted molar refractivity (Wildman–Crippen MR) is 74.6 cm³/mol. The molecule has 2 heteroatoms. The lowest BCUT2D eigenvalue weighted by Crippen LogP contribution is -2.45. The summed E-state index contributed by atoms with van der Waals surface area (Å²) in [6, 6.07) is 10.6. The first-order chi connectivity index (χ1) is 7.26. The van der Waals surface area contributed by atoms with Crippen LogP contribution in [0, 0.1) is 0 Å². The Labute approximate surface area is 105 Å². The van der Waals surface area contributed by atoms with Crippen molar-refractivity contribution in [3.8, 4) is 0 Å². The number of hydrogen-bond acceptors (Lipinski definition) is 1. The van der Waals surface area contributed by atoms with Crippen LogP contribution in [0.25, 0.3) is 0 Å². The maximum absolute atomic E-state index is 3.98. The second-order valence-electron chi connectivity index (χ2n) is 3.97. The van der Waals surface area contributed by atoms with Crippen LogP contribution in [0.15, 0.2) is 43.0 Å². The highest BCUT2D eigenvalue weighted by atomic mass is 127. The molecule has 0 bridgehead atoms. The Kier molecular flexibility index (Phi) is 3.34. The second-order valence-corrected chi connectivity index (χ2v) is 5.84. The number of alkyl halides is 1. The van der Waals surface area contributed by atoms with Gasteiger partial charge in [0.25, 0.3) is 0 Å². The zero-order chi connectivity index (χ0) is 10.7. The number of anilines is 1. The molecule has 1 aromatic carbocycles. The molecule has 80 valence electrons. The van der Waals surface area contributed by atoms with Gasteiger partial charge in [0.1, 0.15) is 3.55 Å². The SMILES string of the molecule is C=CC1(I)CCCCN1c1ccccc1. The molecule has 1 nitrogen and oxygen atoms in total. The van der Waals surface area contributed by atoms with Gasteiger partial charge in [-0.15, -0.1) is 0 Å². The highest BCUT2D eigenvalue weighted by molar-refractivity contribution is 14.1. The minimum Gasteiger partial charge on any atom is -0.354 e. The lowest BCUT2D eigenvalue weighted by molar-refractivity contribution is 0.500. The third-order valence-corrected chi connectivity index (χ3v) is 4.55. The summed E-state index contributed by atoms with van der Waals surface area (Å²) < 4.78 is 0.108. The van der Waals surface area contributed by atoms with E-state index in [1.165, 1.54) is 24.9 Å². The molecule has 1 fully saturated rings. The molecular weight excluding hydrogens is 297 g/mol. The van der Waals surface area contributed by atoms with Crippen LogP contribution in [-0.4, -0.2) is 10.1 Å². The van der Waals surface area contributed by atoms with Crippen LogP contribution in [0.1, 0.15) is 19.3 Å². The molecule has 1 aliphatic heterocycles. The van der Waals surface area contributed by atoms with Gasteiger partial charge in [-0.2, -0.15) is 0 Å². The van der Waals surface area contributed by atoms with Crippen molar-refractivity contribution >= 4 is 28.3 Å². The summed E-state index contributed by atoms with van der Waals surface area (Å²) >= 11 is 2.53. The van der Waals surface area contributed by atoms with E-state index in [1.54, 1.807) is 0 Å². The molecule has 1 heterocycles. The zero-order valence-electron chi connectivity index (χ0n) is 8.82. The van der Waals surface area contributed by atoms with Gasteiger partial charge in [-0.05, 0) is 31.4 Å². The normalized spacial score (nSPS) is 26.3. The van der Waals surface area contributed by atoms with Gasteiger partial charge >= 0.3 is 0 Å². The van der Waals surface area contributed by atoms with Gasteiger partial charge in [-0.3, -0.25) is 0 Å². The first kappa shape index (κ1) is 11.0. The van der Waals surface area contributed by atoms with Crippen LogP contribution in [0.4, 0.5) is 5.69 Å². The van der Waals surface area contributed by atoms with Crippen LogP contribution in [-0.2, 0) is 0 Å². The molecule has 0 radical (unpaired) electrons. The van der Waals surface area contributed by atoms with Crippen molar-refractivity contribution in [1.82, 2.24) is 0 Å². The maximum Gasteiger partial charge on any atom is 0.110 e. The molecule has 0 N–H and O–H groups in total. The predicted octanol–water partition coefficient (Wildman–Crippen LogP) is 3.99. The lowest BCUT2D eigenvalue weighted by atomic mass is 10.0. The minimum absolute atomic E-state index is 0.108. The van der Waals surface area contributed by atoms with E-state index in [1.807, 2.05) is 0 Å². The highest BCUT2D eigenvalue weighted by Crippen LogP contribution is 2.38. The number of hydrogen-bond donors (Lipinski definition) is 0. The topological polar surface area (TPSA) is 3.24 Å². The minimum atomic E-state index is 0.108. The fraction of sp³-hybridized carbons (Fsp3) is 0.385. The van der Waals surface area contributed by atoms with Gasteiger partial charge in [0, 0.05) is 12.2 Å². The monoisotopic (exact) mass is 313 g/mol. The van der Waals surface area contributed by atoms with Crippen LogP contribution < -0.4 is 4.90 Å². The molecule has 1 aliphatic rings. The molecule has 1 aromatic rings. The van der Waals surface area contributed by atoms with Crippen LogP contribution >= 0.6 is 22.6 Å². The van der Waals surface area contributed by atoms with E-state index in [0.29, 0.717) is 0 Å². The number of halogens is 1. The summed E-state index contributed by atoms with van der Waals surface area (Å²) in [6.45, 7) is 5.12. The third-order valence-electron chi connectivity index (χ3n) is 2.99. The van der Waals surface area contributed by atoms with E-state index in [9.17, 15) is 0 Å². The Morgan fingerprint density at radius 1 is 1.27 bits per heavy atom. The van der Waals surface area contributed by atoms with Gasteiger partial charge < -0.3 is 4.90 Å². The number of piperidine rings is 1. The smallest absolute Gasteiger partial charge is 0.110 e. The van der Waals surface area contributed by atoms with Crippen LogP contribution in [0.2, 0.25) is 0 Å². The van der Waals surface area contributed by atoms with Crippen molar-refractivity contribution in [2.24, 2.45) is 0 Å². The maximum atomic E-state index is 3.98. The summed E-state index contributed by atoms with van der Waals surface area (Å²) in [6.07, 6.45) is 5.87. The molecule has 1 atom stereocenters. The summed E-state index contributed by atoms with van der Waals surface area (Å²) in [7, 11) is 0. The van der Waals surface area contributed by atoms with E-state index in [4.69, 9.17) is 0 Å². The van der Waals surface area contributed by atoms with Crippen molar-refractivity contribution < 1.29 is 0 Å². The average molecular weight is 313 g/mol. The Balaban J connectivity index is 2.30. The first-order valence-corrected chi connectivity index (χ1v) is 6.49. The summed E-state index contributed by atoms with van der Waals surface area (Å²) in [5.74, 6) is 0. The van der Waals surface area contributed by atoms with Crippen molar-refractivity contribution in [1.29, 1.82) is 0 Å². The van der Waals surface area contributed by atoms with Gasteiger partial charge in [-0.25, -0.2) is 0 Å². The van der Waals surface area contributed by atoms with Crippen molar-refractivity contribution in [2.75, 3.05) is 11.4 Å². The van der Waals surface area contributed by atoms with E-state index in [-0.39, 0.29) is 3.55 Å². The Morgan fingerprint density at radius 2 is 2.00 bits per heavy atom. The van der Waals surface area contributed by atoms with Gasteiger partial charge in [0.05, 0.1) is 0 Å². The molecule has 0 saturated carbocycles. The van der Waals surface area contributed by atoms with E-state index < -0.39 is 0 Å². The van der Waals surface area contributed by atoms with Crippen molar-refractivity contribution in [3.05, 3.63) is 43.0 Å². The molecular formula is C13H16IN. The molecule has 15 heavy (non-hydrogen) atoms. The zero-order valence-corrected chi connectivity index (χ0v) is 11.0. The standard InChI is InChI=1S/C13H16IN/c1-2-13(14)10-6-7-11-15(13)12-8-4-3-5-9-12/h2-5,8-9H,1,6-7,10-11H2. The fourth-order valence-electron chi connectivity index (χ4n) is 2.13. The molecule has 0 aromatic heterocycles. The van der Waals surface area contributed by atoms with Crippen molar-refractivity contribution in [3.63, 3.8) is 0 Å². The van der Waals surface area contributed by atoms with Crippen LogP contribution in [0.5, 0.6) is 0 Å². The van der Waals surface area contributed by atoms with E-state index in [0.717, 1.165) is 6.54 Å². The molecule has 1 unspecified atom stereocenters. The Hall–Kier alpha value is -0.510. The summed E-state index contributed by atoms with van der Waals surface area (Å²) in [5, 5.41) is 0. The Bertz CT molecular complexity index is 336. The fourth-order valence-corrected chi connectivity index (χ4v) is 3.03. The average Bonchev–Trinajstić information content (AvgIpc) is 2.31. The molecule has 0 aliphatic carbocycles. The van der Waals surface area contributed by atoms with Crippen LogP contribution in [0.3, 0.4) is 0 Å².